The third-order valence-corrected chi connectivity index (χ3v) is 6.71. The summed E-state index contributed by atoms with van der Waals surface area (Å²) in [5, 5.41) is 11.6. The molecule has 0 saturated heterocycles. The summed E-state index contributed by atoms with van der Waals surface area (Å²) in [6.07, 6.45) is 2.86. The highest BCUT2D eigenvalue weighted by molar-refractivity contribution is 7.10. The van der Waals surface area contributed by atoms with Crippen LogP contribution in [0.25, 0.3) is 11.3 Å². The van der Waals surface area contributed by atoms with Gasteiger partial charge in [0, 0.05) is 42.8 Å². The van der Waals surface area contributed by atoms with E-state index in [0.717, 1.165) is 28.0 Å². The first-order valence-corrected chi connectivity index (χ1v) is 11.2. The third kappa shape index (κ3) is 4.16. The van der Waals surface area contributed by atoms with Gasteiger partial charge in [0.05, 0.1) is 25.5 Å². The molecular formula is C24H25NO6S. The second-order valence-electron chi connectivity index (χ2n) is 7.75. The van der Waals surface area contributed by atoms with Gasteiger partial charge in [0.15, 0.2) is 16.9 Å². The Balaban J connectivity index is 1.85. The molecule has 0 aliphatic carbocycles. The molecule has 0 amide bonds. The average Bonchev–Trinajstić information content (AvgIpc) is 3.21. The molecule has 0 spiro atoms. The van der Waals surface area contributed by atoms with Gasteiger partial charge in [0.25, 0.3) is 0 Å². The summed E-state index contributed by atoms with van der Waals surface area (Å²) >= 11 is 1.63. The van der Waals surface area contributed by atoms with Gasteiger partial charge in [-0.3, -0.25) is 4.79 Å². The molecule has 1 atom stereocenters. The van der Waals surface area contributed by atoms with Crippen molar-refractivity contribution in [3.63, 3.8) is 0 Å². The lowest BCUT2D eigenvalue weighted by Crippen LogP contribution is -2.25. The van der Waals surface area contributed by atoms with E-state index in [-0.39, 0.29) is 11.6 Å². The maximum Gasteiger partial charge on any atom is 0.341 e. The van der Waals surface area contributed by atoms with Crippen molar-refractivity contribution in [3.05, 3.63) is 67.6 Å². The second kappa shape index (κ2) is 9.18. The Morgan fingerprint density at radius 2 is 2.00 bits per heavy atom. The van der Waals surface area contributed by atoms with Crippen molar-refractivity contribution in [1.82, 2.24) is 4.57 Å². The fourth-order valence-electron chi connectivity index (χ4n) is 4.02. The van der Waals surface area contributed by atoms with Crippen molar-refractivity contribution < 1.29 is 24.1 Å². The van der Waals surface area contributed by atoms with Gasteiger partial charge in [-0.05, 0) is 48.1 Å². The summed E-state index contributed by atoms with van der Waals surface area (Å²) in [5.74, 6) is -0.0242. The van der Waals surface area contributed by atoms with Gasteiger partial charge >= 0.3 is 5.97 Å². The van der Waals surface area contributed by atoms with Crippen LogP contribution in [0.5, 0.6) is 11.5 Å². The molecule has 4 rings (SSSR count). The molecule has 1 unspecified atom stereocenters. The monoisotopic (exact) mass is 455 g/mol. The van der Waals surface area contributed by atoms with E-state index in [9.17, 15) is 14.7 Å². The van der Waals surface area contributed by atoms with Crippen LogP contribution in [0.15, 0.2) is 40.6 Å². The average molecular weight is 456 g/mol. The zero-order chi connectivity index (χ0) is 22.8. The minimum atomic E-state index is -1.23. The van der Waals surface area contributed by atoms with E-state index in [4.69, 9.17) is 14.2 Å². The van der Waals surface area contributed by atoms with Gasteiger partial charge in [0.2, 0.25) is 0 Å². The number of pyridine rings is 1. The molecule has 32 heavy (non-hydrogen) atoms. The lowest BCUT2D eigenvalue weighted by Gasteiger charge is -2.31. The molecular weight excluding hydrogens is 430 g/mol. The van der Waals surface area contributed by atoms with E-state index in [1.165, 1.54) is 12.3 Å². The molecule has 168 valence electrons. The summed E-state index contributed by atoms with van der Waals surface area (Å²) in [6.45, 7) is 3.13. The molecule has 3 aromatic rings. The van der Waals surface area contributed by atoms with Crippen LogP contribution in [0.3, 0.4) is 0 Å². The molecule has 1 aliphatic heterocycles. The van der Waals surface area contributed by atoms with E-state index in [2.05, 4.69) is 11.4 Å². The summed E-state index contributed by atoms with van der Waals surface area (Å²) in [6, 6.07) is 7.22. The number of aromatic nitrogens is 1. The number of benzene rings is 1. The van der Waals surface area contributed by atoms with Crippen molar-refractivity contribution >= 4 is 17.3 Å². The lowest BCUT2D eigenvalue weighted by molar-refractivity contribution is 0.0694. The van der Waals surface area contributed by atoms with Gasteiger partial charge < -0.3 is 23.9 Å². The van der Waals surface area contributed by atoms with Crippen molar-refractivity contribution in [2.24, 2.45) is 0 Å². The van der Waals surface area contributed by atoms with Crippen molar-refractivity contribution in [2.45, 2.75) is 25.8 Å². The molecule has 0 radical (unpaired) electrons. The Morgan fingerprint density at radius 3 is 2.66 bits per heavy atom. The molecule has 3 heterocycles. The largest absolute Gasteiger partial charge is 0.493 e. The van der Waals surface area contributed by atoms with Gasteiger partial charge in [0.1, 0.15) is 5.56 Å². The number of aromatic carboxylic acids is 1. The number of thiophene rings is 1. The molecule has 2 aromatic heterocycles. The molecule has 1 aliphatic rings. The van der Waals surface area contributed by atoms with Crippen molar-refractivity contribution in [1.29, 1.82) is 0 Å². The molecule has 8 heteroatoms. The molecule has 0 bridgehead atoms. The standard InChI is InChI=1S/C24H25NO6S/c1-14-7-23(32-13-14)19-8-15-9-22(31-6-4-5-29-2)21(30-3)10-16(15)18-11-20(26)17(24(27)28)12-25(18)19/h7,9-13,19H,4-6,8H2,1-3H3,(H,27,28). The van der Waals surface area contributed by atoms with Crippen LogP contribution in [0.4, 0.5) is 0 Å². The number of rotatable bonds is 8. The number of methoxy groups -OCH3 is 2. The molecule has 0 fully saturated rings. The maximum absolute atomic E-state index is 12.6. The van der Waals surface area contributed by atoms with E-state index < -0.39 is 11.4 Å². The normalized spacial score (nSPS) is 14.5. The Bertz CT molecular complexity index is 1210. The van der Waals surface area contributed by atoms with Gasteiger partial charge in [-0.2, -0.15) is 0 Å². The number of carboxylic acids is 1. The van der Waals surface area contributed by atoms with Crippen LogP contribution < -0.4 is 14.9 Å². The predicted molar refractivity (Wildman–Crippen MR) is 123 cm³/mol. The molecule has 0 saturated carbocycles. The van der Waals surface area contributed by atoms with E-state index in [1.807, 2.05) is 23.6 Å². The van der Waals surface area contributed by atoms with Gasteiger partial charge in [-0.15, -0.1) is 11.3 Å². The van der Waals surface area contributed by atoms with Crippen molar-refractivity contribution in [2.75, 3.05) is 27.4 Å². The van der Waals surface area contributed by atoms with Crippen LogP contribution >= 0.6 is 11.3 Å². The van der Waals surface area contributed by atoms with E-state index >= 15 is 0 Å². The quantitative estimate of drug-likeness (QED) is 0.514. The second-order valence-corrected chi connectivity index (χ2v) is 8.69. The van der Waals surface area contributed by atoms with E-state index in [1.54, 1.807) is 25.6 Å². The summed E-state index contributed by atoms with van der Waals surface area (Å²) in [7, 11) is 3.23. The fraction of sp³-hybridized carbons (Fsp3) is 0.333. The first kappa shape index (κ1) is 22.1. The highest BCUT2D eigenvalue weighted by atomic mass is 32.1. The zero-order valence-corrected chi connectivity index (χ0v) is 19.0. The van der Waals surface area contributed by atoms with Crippen LogP contribution in [0, 0.1) is 6.92 Å². The third-order valence-electron chi connectivity index (χ3n) is 5.55. The van der Waals surface area contributed by atoms with Gasteiger partial charge in [-0.25, -0.2) is 4.79 Å². The molecule has 1 N–H and O–H groups in total. The minimum Gasteiger partial charge on any atom is -0.493 e. The SMILES string of the molecule is COCCCOc1cc2c(cc1OC)-c1cc(=O)c(C(=O)O)cn1C(c1cc(C)cs1)C2. The van der Waals surface area contributed by atoms with Crippen molar-refractivity contribution in [3.8, 4) is 22.8 Å². The topological polar surface area (TPSA) is 87.0 Å². The van der Waals surface area contributed by atoms with Crippen LogP contribution in [0.1, 0.15) is 38.8 Å². The molecule has 7 nitrogen and oxygen atoms in total. The Labute approximate surface area is 189 Å². The number of aryl methyl sites for hydroxylation is 1. The minimum absolute atomic E-state index is 0.121. The number of carbonyl (C=O) groups is 1. The van der Waals surface area contributed by atoms with Crippen LogP contribution in [0.2, 0.25) is 0 Å². The number of carboxylic acid groups (broad SMARTS) is 1. The zero-order valence-electron chi connectivity index (χ0n) is 18.2. The number of nitrogens with zero attached hydrogens (tertiary/aromatic N) is 1. The Kier molecular flexibility index (Phi) is 6.34. The number of hydrogen-bond acceptors (Lipinski definition) is 6. The van der Waals surface area contributed by atoms with E-state index in [0.29, 0.717) is 36.8 Å². The molecule has 1 aromatic carbocycles. The first-order chi connectivity index (χ1) is 15.4. The summed E-state index contributed by atoms with van der Waals surface area (Å²) < 4.78 is 18.5. The first-order valence-electron chi connectivity index (χ1n) is 10.3. The Morgan fingerprint density at radius 1 is 1.19 bits per heavy atom. The summed E-state index contributed by atoms with van der Waals surface area (Å²) in [4.78, 5) is 25.3. The predicted octanol–water partition coefficient (Wildman–Crippen LogP) is 4.15. The smallest absolute Gasteiger partial charge is 0.341 e. The highest BCUT2D eigenvalue weighted by Gasteiger charge is 2.29. The van der Waals surface area contributed by atoms with Crippen LogP contribution in [-0.4, -0.2) is 43.1 Å². The fourth-order valence-corrected chi connectivity index (χ4v) is 5.02. The van der Waals surface area contributed by atoms with Crippen LogP contribution in [-0.2, 0) is 11.2 Å². The Hall–Kier alpha value is -3.10. The van der Waals surface area contributed by atoms with Gasteiger partial charge in [-0.1, -0.05) is 0 Å². The highest BCUT2D eigenvalue weighted by Crippen LogP contribution is 2.43. The number of hydrogen-bond donors (Lipinski definition) is 1. The summed E-state index contributed by atoms with van der Waals surface area (Å²) in [5.41, 5.74) is 2.92. The maximum atomic E-state index is 12.6. The lowest BCUT2D eigenvalue weighted by atomic mass is 9.90. The number of fused-ring (bicyclic) bond motifs is 3. The number of ether oxygens (including phenoxy) is 3.